The van der Waals surface area contributed by atoms with Crippen LogP contribution in [0.3, 0.4) is 0 Å². The number of rotatable bonds is 6. The summed E-state index contributed by atoms with van der Waals surface area (Å²) in [5.74, 6) is 0.0158. The van der Waals surface area contributed by atoms with E-state index in [1.807, 2.05) is 23.1 Å². The summed E-state index contributed by atoms with van der Waals surface area (Å²) in [5, 5.41) is 3.35. The van der Waals surface area contributed by atoms with Crippen LogP contribution in [-0.2, 0) is 13.0 Å². The Kier molecular flexibility index (Phi) is 5.47. The van der Waals surface area contributed by atoms with Gasteiger partial charge in [0.25, 0.3) is 5.91 Å². The zero-order chi connectivity index (χ0) is 16.8. The van der Waals surface area contributed by atoms with Crippen LogP contribution in [0.5, 0.6) is 0 Å². The van der Waals surface area contributed by atoms with Crippen molar-refractivity contribution >= 4 is 11.6 Å². The Morgan fingerprint density at radius 2 is 2.00 bits per heavy atom. The van der Waals surface area contributed by atoms with Gasteiger partial charge in [-0.05, 0) is 36.1 Å². The molecule has 2 heterocycles. The summed E-state index contributed by atoms with van der Waals surface area (Å²) in [4.78, 5) is 18.9. The van der Waals surface area contributed by atoms with E-state index in [-0.39, 0.29) is 5.91 Å². The summed E-state index contributed by atoms with van der Waals surface area (Å²) >= 11 is 0. The van der Waals surface area contributed by atoms with Crippen LogP contribution in [0.25, 0.3) is 0 Å². The summed E-state index contributed by atoms with van der Waals surface area (Å²) in [6.07, 6.45) is 6.28. The number of benzene rings is 1. The van der Waals surface area contributed by atoms with Crippen LogP contribution < -0.4 is 5.32 Å². The average molecular weight is 323 g/mol. The van der Waals surface area contributed by atoms with Crippen molar-refractivity contribution in [3.05, 3.63) is 59.4 Å². The summed E-state index contributed by atoms with van der Waals surface area (Å²) in [6, 6.07) is 12.1. The molecule has 4 heteroatoms. The van der Waals surface area contributed by atoms with Gasteiger partial charge in [-0.3, -0.25) is 4.79 Å². The molecule has 0 aliphatic carbocycles. The number of carbonyl (C=O) groups is 1. The first-order valence-corrected chi connectivity index (χ1v) is 8.84. The van der Waals surface area contributed by atoms with Gasteiger partial charge >= 0.3 is 0 Å². The third-order valence-electron chi connectivity index (χ3n) is 4.51. The molecule has 0 bridgehead atoms. The molecule has 1 N–H and O–H groups in total. The molecule has 126 valence electrons. The minimum Gasteiger partial charge on any atom is -0.384 e. The molecular weight excluding hydrogens is 298 g/mol. The number of hydrogen-bond acceptors (Lipinski definition) is 3. The van der Waals surface area contributed by atoms with E-state index in [1.54, 1.807) is 6.20 Å². The molecule has 1 aliphatic heterocycles. The highest BCUT2D eigenvalue weighted by atomic mass is 16.2. The number of anilines is 1. The van der Waals surface area contributed by atoms with E-state index in [1.165, 1.54) is 24.0 Å². The van der Waals surface area contributed by atoms with E-state index in [0.717, 1.165) is 31.6 Å². The number of unbranched alkanes of at least 4 members (excludes halogenated alkanes) is 2. The highest BCUT2D eigenvalue weighted by Crippen LogP contribution is 2.20. The maximum atomic E-state index is 12.7. The lowest BCUT2D eigenvalue weighted by Gasteiger charge is -2.28. The molecule has 2 aromatic rings. The van der Waals surface area contributed by atoms with Crippen molar-refractivity contribution in [2.75, 3.05) is 18.4 Å². The number of aromatic nitrogens is 1. The fraction of sp³-hybridized carbons (Fsp3) is 0.400. The number of carbonyl (C=O) groups excluding carboxylic acids is 1. The Hall–Kier alpha value is -2.36. The second-order valence-electron chi connectivity index (χ2n) is 6.31. The quantitative estimate of drug-likeness (QED) is 0.821. The van der Waals surface area contributed by atoms with E-state index in [0.29, 0.717) is 12.2 Å². The molecule has 0 radical (unpaired) electrons. The Morgan fingerprint density at radius 1 is 1.17 bits per heavy atom. The number of pyridine rings is 1. The van der Waals surface area contributed by atoms with Crippen molar-refractivity contribution in [2.45, 2.75) is 39.2 Å². The fourth-order valence-electron chi connectivity index (χ4n) is 3.06. The van der Waals surface area contributed by atoms with Crippen molar-refractivity contribution in [1.82, 2.24) is 9.88 Å². The minimum atomic E-state index is 0.0158. The van der Waals surface area contributed by atoms with E-state index >= 15 is 0 Å². The summed E-state index contributed by atoms with van der Waals surface area (Å²) in [7, 11) is 0. The molecule has 1 aromatic heterocycles. The van der Waals surface area contributed by atoms with E-state index < -0.39 is 0 Å². The number of nitrogens with zero attached hydrogens (tertiary/aromatic N) is 2. The van der Waals surface area contributed by atoms with Crippen LogP contribution >= 0.6 is 0 Å². The van der Waals surface area contributed by atoms with Gasteiger partial charge < -0.3 is 10.2 Å². The fourth-order valence-corrected chi connectivity index (χ4v) is 3.06. The molecule has 0 unspecified atom stereocenters. The lowest BCUT2D eigenvalue weighted by Crippen LogP contribution is -2.36. The van der Waals surface area contributed by atoms with Gasteiger partial charge in [0.2, 0.25) is 0 Å². The second kappa shape index (κ2) is 7.95. The highest BCUT2D eigenvalue weighted by Gasteiger charge is 2.22. The molecule has 1 amide bonds. The maximum absolute atomic E-state index is 12.7. The van der Waals surface area contributed by atoms with Crippen molar-refractivity contribution in [2.24, 2.45) is 0 Å². The standard InChI is InChI=1S/C20H25N3O/c1-2-3-6-12-21-18-9-10-19(22-14-18)20(24)23-13-11-16-7-4-5-8-17(16)15-23/h4-5,7-10,14,21H,2-3,6,11-13,15H2,1H3. The van der Waals surface area contributed by atoms with Crippen LogP contribution in [0.1, 0.15) is 47.8 Å². The zero-order valence-electron chi connectivity index (χ0n) is 14.3. The molecule has 3 rings (SSSR count). The van der Waals surface area contributed by atoms with Crippen LogP contribution in [0, 0.1) is 0 Å². The minimum absolute atomic E-state index is 0.0158. The Bertz CT molecular complexity index is 682. The molecule has 24 heavy (non-hydrogen) atoms. The van der Waals surface area contributed by atoms with Gasteiger partial charge in [-0.1, -0.05) is 44.0 Å². The summed E-state index contributed by atoms with van der Waals surface area (Å²) < 4.78 is 0. The topological polar surface area (TPSA) is 45.2 Å². The van der Waals surface area contributed by atoms with E-state index in [4.69, 9.17) is 0 Å². The molecule has 0 atom stereocenters. The normalized spacial score (nSPS) is 13.5. The average Bonchev–Trinajstić information content (AvgIpc) is 2.65. The first kappa shape index (κ1) is 16.5. The number of nitrogens with one attached hydrogen (secondary N) is 1. The van der Waals surface area contributed by atoms with E-state index in [2.05, 4.69) is 35.4 Å². The molecule has 0 spiro atoms. The molecule has 4 nitrogen and oxygen atoms in total. The smallest absolute Gasteiger partial charge is 0.272 e. The SMILES string of the molecule is CCCCCNc1ccc(C(=O)N2CCc3ccccc3C2)nc1. The number of hydrogen-bond donors (Lipinski definition) is 1. The lowest BCUT2D eigenvalue weighted by molar-refractivity contribution is 0.0729. The third kappa shape index (κ3) is 3.94. The third-order valence-corrected chi connectivity index (χ3v) is 4.51. The lowest BCUT2D eigenvalue weighted by atomic mass is 10.00. The van der Waals surface area contributed by atoms with Gasteiger partial charge in [-0.15, -0.1) is 0 Å². The maximum Gasteiger partial charge on any atom is 0.272 e. The summed E-state index contributed by atoms with van der Waals surface area (Å²) in [6.45, 7) is 4.58. The van der Waals surface area contributed by atoms with E-state index in [9.17, 15) is 4.79 Å². The van der Waals surface area contributed by atoms with Gasteiger partial charge in [0.15, 0.2) is 0 Å². The van der Waals surface area contributed by atoms with Gasteiger partial charge in [0.05, 0.1) is 11.9 Å². The first-order chi connectivity index (χ1) is 11.8. The Labute approximate surface area is 143 Å². The van der Waals surface area contributed by atoms with Gasteiger partial charge in [-0.2, -0.15) is 0 Å². The molecule has 0 fully saturated rings. The molecule has 0 saturated carbocycles. The second-order valence-corrected chi connectivity index (χ2v) is 6.31. The van der Waals surface area contributed by atoms with Crippen molar-refractivity contribution in [1.29, 1.82) is 0 Å². The van der Waals surface area contributed by atoms with Crippen LogP contribution in [0.4, 0.5) is 5.69 Å². The summed E-state index contributed by atoms with van der Waals surface area (Å²) in [5.41, 5.74) is 4.09. The van der Waals surface area contributed by atoms with Gasteiger partial charge in [0.1, 0.15) is 5.69 Å². The molecule has 1 aliphatic rings. The predicted molar refractivity (Wildman–Crippen MR) is 97.1 cm³/mol. The monoisotopic (exact) mass is 323 g/mol. The number of fused-ring (bicyclic) bond motifs is 1. The van der Waals surface area contributed by atoms with Crippen LogP contribution in [0.2, 0.25) is 0 Å². The predicted octanol–water partition coefficient (Wildman–Crippen LogP) is 3.88. The van der Waals surface area contributed by atoms with Crippen molar-refractivity contribution in [3.63, 3.8) is 0 Å². The Morgan fingerprint density at radius 3 is 2.75 bits per heavy atom. The molecule has 0 saturated heterocycles. The number of amides is 1. The largest absolute Gasteiger partial charge is 0.384 e. The first-order valence-electron chi connectivity index (χ1n) is 8.84. The van der Waals surface area contributed by atoms with Crippen LogP contribution in [0.15, 0.2) is 42.6 Å². The van der Waals surface area contributed by atoms with Gasteiger partial charge in [0, 0.05) is 19.6 Å². The van der Waals surface area contributed by atoms with Gasteiger partial charge in [-0.25, -0.2) is 4.98 Å². The van der Waals surface area contributed by atoms with Crippen molar-refractivity contribution < 1.29 is 4.79 Å². The highest BCUT2D eigenvalue weighted by molar-refractivity contribution is 5.92. The van der Waals surface area contributed by atoms with Crippen molar-refractivity contribution in [3.8, 4) is 0 Å². The van der Waals surface area contributed by atoms with Crippen LogP contribution in [-0.4, -0.2) is 28.9 Å². The molecule has 1 aromatic carbocycles. The Balaban J connectivity index is 1.59. The molecular formula is C20H25N3O. The zero-order valence-corrected chi connectivity index (χ0v) is 14.3.